The molecule has 2 atom stereocenters. The van der Waals surface area contributed by atoms with E-state index in [1.54, 1.807) is 0 Å². The van der Waals surface area contributed by atoms with Crippen LogP contribution in [0.3, 0.4) is 0 Å². The largest absolute Gasteiger partial charge is 0.374 e. The molecule has 2 heterocycles. The van der Waals surface area contributed by atoms with E-state index in [0.29, 0.717) is 6.04 Å². The number of nitrogens with zero attached hydrogens (tertiary/aromatic N) is 2. The average molecular weight is 263 g/mol. The molecule has 1 aromatic rings. The topological polar surface area (TPSA) is 53.1 Å². The van der Waals surface area contributed by atoms with Gasteiger partial charge in [-0.15, -0.1) is 0 Å². The van der Waals surface area contributed by atoms with E-state index in [0.717, 1.165) is 31.6 Å². The molecule has 2 fully saturated rings. The molecule has 1 aliphatic heterocycles. The monoisotopic (exact) mass is 263 g/mol. The highest BCUT2D eigenvalue weighted by Gasteiger charge is 2.36. The molecule has 2 aliphatic rings. The lowest BCUT2D eigenvalue weighted by molar-refractivity contribution is -0.00116. The van der Waals surface area contributed by atoms with Crippen molar-refractivity contribution >= 4 is 0 Å². The van der Waals surface area contributed by atoms with Gasteiger partial charge in [-0.05, 0) is 38.7 Å². The molecule has 2 unspecified atom stereocenters. The van der Waals surface area contributed by atoms with Gasteiger partial charge in [0.2, 0.25) is 0 Å². The molecule has 0 aromatic carbocycles. The third-order valence-corrected chi connectivity index (χ3v) is 4.83. The summed E-state index contributed by atoms with van der Waals surface area (Å²) in [5.41, 5.74) is 7.29. The predicted octanol–water partition coefficient (Wildman–Crippen LogP) is 2.44. The van der Waals surface area contributed by atoms with Crippen LogP contribution in [0.4, 0.5) is 0 Å². The summed E-state index contributed by atoms with van der Waals surface area (Å²) < 4.78 is 7.97. The Bertz CT molecular complexity index is 417. The molecule has 1 saturated carbocycles. The molecule has 2 N–H and O–H groups in total. The predicted molar refractivity (Wildman–Crippen MR) is 75.0 cm³/mol. The normalized spacial score (nSPS) is 30.0. The van der Waals surface area contributed by atoms with Gasteiger partial charge in [0, 0.05) is 25.3 Å². The molecular weight excluding hydrogens is 238 g/mol. The molecule has 106 valence electrons. The number of aromatic nitrogens is 2. The van der Waals surface area contributed by atoms with E-state index < -0.39 is 0 Å². The van der Waals surface area contributed by atoms with Crippen LogP contribution in [0.2, 0.25) is 0 Å². The highest BCUT2D eigenvalue weighted by Crippen LogP contribution is 2.30. The van der Waals surface area contributed by atoms with Crippen LogP contribution >= 0.6 is 0 Å². The van der Waals surface area contributed by atoms with Crippen molar-refractivity contribution in [3.63, 3.8) is 0 Å². The Kier molecular flexibility index (Phi) is 3.63. The van der Waals surface area contributed by atoms with Crippen molar-refractivity contribution in [3.8, 4) is 0 Å². The quantitative estimate of drug-likeness (QED) is 0.907. The Labute approximate surface area is 115 Å². The Hall–Kier alpha value is -0.870. The van der Waals surface area contributed by atoms with Crippen molar-refractivity contribution in [2.45, 2.75) is 69.6 Å². The summed E-state index contributed by atoms with van der Waals surface area (Å²) in [5.74, 6) is 0. The third kappa shape index (κ3) is 2.70. The average Bonchev–Trinajstić information content (AvgIpc) is 3.08. The number of hydrogen-bond acceptors (Lipinski definition) is 3. The Morgan fingerprint density at radius 1 is 1.47 bits per heavy atom. The lowest BCUT2D eigenvalue weighted by atomic mass is 9.90. The van der Waals surface area contributed by atoms with Crippen LogP contribution in [-0.2, 0) is 11.2 Å². The molecule has 1 aliphatic carbocycles. The minimum absolute atomic E-state index is 0.0435. The first-order valence-electron chi connectivity index (χ1n) is 7.61. The van der Waals surface area contributed by atoms with Crippen molar-refractivity contribution in [2.24, 2.45) is 5.73 Å². The molecule has 19 heavy (non-hydrogen) atoms. The van der Waals surface area contributed by atoms with Gasteiger partial charge in [0.1, 0.15) is 0 Å². The zero-order valence-corrected chi connectivity index (χ0v) is 11.8. The summed E-state index contributed by atoms with van der Waals surface area (Å²) in [6.45, 7) is 2.99. The summed E-state index contributed by atoms with van der Waals surface area (Å²) >= 11 is 0. The molecule has 0 spiro atoms. The SMILES string of the molecule is CC1(C(N)Cc2ccn(C3CCCC3)n2)CCCO1. The van der Waals surface area contributed by atoms with Gasteiger partial charge in [-0.2, -0.15) is 5.10 Å². The molecule has 3 rings (SSSR count). The lowest BCUT2D eigenvalue weighted by Gasteiger charge is -2.29. The maximum absolute atomic E-state index is 6.33. The van der Waals surface area contributed by atoms with Crippen LogP contribution in [0.25, 0.3) is 0 Å². The smallest absolute Gasteiger partial charge is 0.0809 e. The summed E-state index contributed by atoms with van der Waals surface area (Å²) in [6.07, 6.45) is 10.4. The Morgan fingerprint density at radius 2 is 2.26 bits per heavy atom. The van der Waals surface area contributed by atoms with E-state index >= 15 is 0 Å². The summed E-state index contributed by atoms with van der Waals surface area (Å²) in [7, 11) is 0. The maximum atomic E-state index is 6.33. The van der Waals surface area contributed by atoms with Crippen molar-refractivity contribution in [1.82, 2.24) is 9.78 Å². The summed E-state index contributed by atoms with van der Waals surface area (Å²) in [5, 5.41) is 4.72. The van der Waals surface area contributed by atoms with Crippen molar-refractivity contribution < 1.29 is 4.74 Å². The van der Waals surface area contributed by atoms with Crippen molar-refractivity contribution in [1.29, 1.82) is 0 Å². The minimum Gasteiger partial charge on any atom is -0.374 e. The fourth-order valence-electron chi connectivity index (χ4n) is 3.39. The Morgan fingerprint density at radius 3 is 2.95 bits per heavy atom. The number of rotatable bonds is 4. The number of hydrogen-bond donors (Lipinski definition) is 1. The van der Waals surface area contributed by atoms with Gasteiger partial charge in [-0.25, -0.2) is 0 Å². The highest BCUT2D eigenvalue weighted by atomic mass is 16.5. The number of ether oxygens (including phenoxy) is 1. The van der Waals surface area contributed by atoms with Crippen LogP contribution in [0.1, 0.15) is 57.2 Å². The van der Waals surface area contributed by atoms with Crippen LogP contribution in [-0.4, -0.2) is 28.0 Å². The summed E-state index contributed by atoms with van der Waals surface area (Å²) in [6, 6.07) is 2.78. The number of nitrogens with two attached hydrogens (primary N) is 1. The van der Waals surface area contributed by atoms with E-state index in [4.69, 9.17) is 15.6 Å². The molecular formula is C15H25N3O. The van der Waals surface area contributed by atoms with Crippen LogP contribution in [0, 0.1) is 0 Å². The van der Waals surface area contributed by atoms with E-state index in [1.165, 1.54) is 25.7 Å². The molecule has 1 saturated heterocycles. The van der Waals surface area contributed by atoms with E-state index in [9.17, 15) is 0 Å². The first-order valence-corrected chi connectivity index (χ1v) is 7.61. The second-order valence-electron chi connectivity index (χ2n) is 6.30. The standard InChI is InChI=1S/C15H25N3O/c1-15(8-4-10-19-15)14(16)11-12-7-9-18(17-12)13-5-2-3-6-13/h7,9,13-14H,2-6,8,10-11,16H2,1H3. The van der Waals surface area contributed by atoms with E-state index in [2.05, 4.69) is 23.9 Å². The minimum atomic E-state index is -0.156. The van der Waals surface area contributed by atoms with E-state index in [-0.39, 0.29) is 11.6 Å². The van der Waals surface area contributed by atoms with E-state index in [1.807, 2.05) is 0 Å². The first-order chi connectivity index (χ1) is 9.17. The highest BCUT2D eigenvalue weighted by molar-refractivity contribution is 5.06. The van der Waals surface area contributed by atoms with Crippen LogP contribution in [0.5, 0.6) is 0 Å². The van der Waals surface area contributed by atoms with Crippen LogP contribution < -0.4 is 5.73 Å². The van der Waals surface area contributed by atoms with Gasteiger partial charge >= 0.3 is 0 Å². The van der Waals surface area contributed by atoms with Crippen molar-refractivity contribution in [2.75, 3.05) is 6.61 Å². The van der Waals surface area contributed by atoms with Gasteiger partial charge in [-0.3, -0.25) is 4.68 Å². The Balaban J connectivity index is 1.63. The molecule has 0 amide bonds. The van der Waals surface area contributed by atoms with Crippen LogP contribution in [0.15, 0.2) is 12.3 Å². The molecule has 0 radical (unpaired) electrons. The third-order valence-electron chi connectivity index (χ3n) is 4.83. The van der Waals surface area contributed by atoms with Crippen molar-refractivity contribution in [3.05, 3.63) is 18.0 Å². The molecule has 4 heteroatoms. The fraction of sp³-hybridized carbons (Fsp3) is 0.800. The first kappa shape index (κ1) is 13.1. The second kappa shape index (κ2) is 5.25. The van der Waals surface area contributed by atoms with Gasteiger partial charge in [-0.1, -0.05) is 12.8 Å². The maximum Gasteiger partial charge on any atom is 0.0809 e. The molecule has 4 nitrogen and oxygen atoms in total. The van der Waals surface area contributed by atoms with Gasteiger partial charge < -0.3 is 10.5 Å². The second-order valence-corrected chi connectivity index (χ2v) is 6.30. The summed E-state index contributed by atoms with van der Waals surface area (Å²) in [4.78, 5) is 0. The van der Waals surface area contributed by atoms with Gasteiger partial charge in [0.05, 0.1) is 17.3 Å². The lowest BCUT2D eigenvalue weighted by Crippen LogP contribution is -2.46. The zero-order chi connectivity index (χ0) is 13.3. The molecule has 0 bridgehead atoms. The zero-order valence-electron chi connectivity index (χ0n) is 11.8. The fourth-order valence-corrected chi connectivity index (χ4v) is 3.39. The molecule has 1 aromatic heterocycles. The van der Waals surface area contributed by atoms with Gasteiger partial charge in [0.25, 0.3) is 0 Å². The van der Waals surface area contributed by atoms with Gasteiger partial charge in [0.15, 0.2) is 0 Å².